The maximum Gasteiger partial charge on any atom is 0.259 e. The number of hydrogen-bond acceptors (Lipinski definition) is 6. The lowest BCUT2D eigenvalue weighted by atomic mass is 10.1. The number of rotatable bonds is 5. The molecule has 3 aromatic heterocycles. The van der Waals surface area contributed by atoms with Gasteiger partial charge >= 0.3 is 0 Å². The zero-order valence-corrected chi connectivity index (χ0v) is 18.0. The number of pyridine rings is 2. The van der Waals surface area contributed by atoms with Gasteiger partial charge < -0.3 is 9.84 Å². The van der Waals surface area contributed by atoms with Crippen molar-refractivity contribution < 1.29 is 13.7 Å². The number of carbonyl (C=O) groups excluding carboxylic acids is 1. The van der Waals surface area contributed by atoms with Crippen molar-refractivity contribution in [1.82, 2.24) is 19.7 Å². The van der Waals surface area contributed by atoms with Crippen LogP contribution in [0.5, 0.6) is 0 Å². The molecule has 2 aromatic carbocycles. The summed E-state index contributed by atoms with van der Waals surface area (Å²) < 4.78 is 20.4. The summed E-state index contributed by atoms with van der Waals surface area (Å²) >= 11 is 0. The predicted molar refractivity (Wildman–Crippen MR) is 124 cm³/mol. The molecule has 0 atom stereocenters. The lowest BCUT2D eigenvalue weighted by molar-refractivity contribution is -0.116. The zero-order valence-electron chi connectivity index (χ0n) is 18.0. The maximum atomic E-state index is 13.6. The van der Waals surface area contributed by atoms with Crippen LogP contribution < -0.4 is 10.9 Å². The van der Waals surface area contributed by atoms with E-state index in [-0.39, 0.29) is 12.4 Å². The molecule has 0 radical (unpaired) electrons. The smallest absolute Gasteiger partial charge is 0.259 e. The summed E-state index contributed by atoms with van der Waals surface area (Å²) in [6, 6.07) is 16.1. The molecule has 3 heterocycles. The Labute approximate surface area is 192 Å². The number of amides is 1. The molecule has 9 heteroatoms. The fourth-order valence-electron chi connectivity index (χ4n) is 3.69. The van der Waals surface area contributed by atoms with E-state index < -0.39 is 17.3 Å². The summed E-state index contributed by atoms with van der Waals surface area (Å²) in [5.41, 5.74) is 2.37. The number of nitrogens with zero attached hydrogens (tertiary/aromatic N) is 4. The first-order chi connectivity index (χ1) is 16.5. The third-order valence-electron chi connectivity index (χ3n) is 5.39. The second kappa shape index (κ2) is 8.70. The van der Waals surface area contributed by atoms with Crippen LogP contribution in [-0.4, -0.2) is 25.6 Å². The largest absolute Gasteiger partial charge is 0.334 e. The van der Waals surface area contributed by atoms with Crippen LogP contribution >= 0.6 is 0 Å². The number of carbonyl (C=O) groups is 1. The number of nitrogens with one attached hydrogen (secondary N) is 1. The van der Waals surface area contributed by atoms with Gasteiger partial charge in [0.2, 0.25) is 11.7 Å². The number of aromatic nitrogens is 4. The van der Waals surface area contributed by atoms with Gasteiger partial charge in [-0.15, -0.1) is 0 Å². The van der Waals surface area contributed by atoms with Gasteiger partial charge in [0.15, 0.2) is 0 Å². The minimum absolute atomic E-state index is 0.187. The molecule has 0 fully saturated rings. The Kier molecular flexibility index (Phi) is 5.43. The van der Waals surface area contributed by atoms with Gasteiger partial charge in [0.05, 0.1) is 11.1 Å². The minimum Gasteiger partial charge on any atom is -0.334 e. The van der Waals surface area contributed by atoms with E-state index in [4.69, 9.17) is 4.52 Å². The highest BCUT2D eigenvalue weighted by atomic mass is 19.1. The van der Waals surface area contributed by atoms with Crippen LogP contribution in [0.1, 0.15) is 5.56 Å². The molecule has 168 valence electrons. The van der Waals surface area contributed by atoms with Crippen molar-refractivity contribution in [3.8, 4) is 22.8 Å². The number of para-hydroxylation sites is 1. The van der Waals surface area contributed by atoms with Crippen molar-refractivity contribution in [3.63, 3.8) is 0 Å². The fraction of sp³-hybridized carbons (Fsp3) is 0.0800. The second-order valence-corrected chi connectivity index (χ2v) is 7.67. The maximum absolute atomic E-state index is 13.6. The summed E-state index contributed by atoms with van der Waals surface area (Å²) in [6.07, 6.45) is 3.25. The molecule has 1 amide bonds. The van der Waals surface area contributed by atoms with E-state index >= 15 is 0 Å². The Balaban J connectivity index is 1.51. The Morgan fingerprint density at radius 1 is 1.09 bits per heavy atom. The Bertz CT molecular complexity index is 1580. The summed E-state index contributed by atoms with van der Waals surface area (Å²) in [6.45, 7) is 1.51. The quantitative estimate of drug-likeness (QED) is 0.426. The standard InChI is InChI=1S/C25H18FN5O3/c1-15-6-7-17(26)12-20(15)28-22(32)14-31-21-5-3-2-4-18(21)19(13-23(31)33)25-29-24(30-34-25)16-8-10-27-11-9-16/h2-13H,14H2,1H3,(H,28,32). The number of hydrogen-bond donors (Lipinski definition) is 1. The summed E-state index contributed by atoms with van der Waals surface area (Å²) in [5, 5.41) is 7.36. The van der Waals surface area contributed by atoms with Crippen LogP contribution in [0.4, 0.5) is 10.1 Å². The van der Waals surface area contributed by atoms with E-state index in [0.717, 1.165) is 5.56 Å². The van der Waals surface area contributed by atoms with Crippen LogP contribution in [0.3, 0.4) is 0 Å². The van der Waals surface area contributed by atoms with Gasteiger partial charge in [-0.1, -0.05) is 29.4 Å². The Hall–Kier alpha value is -4.66. The van der Waals surface area contributed by atoms with E-state index in [0.29, 0.717) is 33.5 Å². The Morgan fingerprint density at radius 2 is 1.88 bits per heavy atom. The van der Waals surface area contributed by atoms with Crippen molar-refractivity contribution >= 4 is 22.5 Å². The first-order valence-electron chi connectivity index (χ1n) is 10.4. The number of anilines is 1. The molecule has 0 spiro atoms. The van der Waals surface area contributed by atoms with Crippen molar-refractivity contribution in [2.75, 3.05) is 5.32 Å². The van der Waals surface area contributed by atoms with E-state index in [1.807, 2.05) is 12.1 Å². The van der Waals surface area contributed by atoms with Gasteiger partial charge in [0.25, 0.3) is 11.4 Å². The predicted octanol–water partition coefficient (Wildman–Crippen LogP) is 4.20. The first-order valence-corrected chi connectivity index (χ1v) is 10.4. The first kappa shape index (κ1) is 21.2. The van der Waals surface area contributed by atoms with E-state index in [9.17, 15) is 14.0 Å². The molecule has 0 saturated heterocycles. The molecule has 0 aliphatic rings. The van der Waals surface area contributed by atoms with Crippen molar-refractivity contribution in [2.24, 2.45) is 0 Å². The van der Waals surface area contributed by atoms with Gasteiger partial charge in [-0.05, 0) is 42.8 Å². The third-order valence-corrected chi connectivity index (χ3v) is 5.39. The molecule has 5 aromatic rings. The van der Waals surface area contributed by atoms with Crippen LogP contribution in [0.25, 0.3) is 33.7 Å². The normalized spacial score (nSPS) is 11.0. The highest BCUT2D eigenvalue weighted by Gasteiger charge is 2.18. The molecule has 0 aliphatic heterocycles. The Morgan fingerprint density at radius 3 is 2.71 bits per heavy atom. The SMILES string of the molecule is Cc1ccc(F)cc1NC(=O)Cn1c(=O)cc(-c2nc(-c3ccncc3)no2)c2ccccc21. The summed E-state index contributed by atoms with van der Waals surface area (Å²) in [4.78, 5) is 34.2. The highest BCUT2D eigenvalue weighted by molar-refractivity contribution is 5.95. The molecule has 1 N–H and O–H groups in total. The molecule has 0 aliphatic carbocycles. The third kappa shape index (κ3) is 4.06. The zero-order chi connectivity index (χ0) is 23.7. The lowest BCUT2D eigenvalue weighted by Gasteiger charge is -2.13. The monoisotopic (exact) mass is 455 g/mol. The molecule has 0 bridgehead atoms. The molecular weight excluding hydrogens is 437 g/mol. The average molecular weight is 455 g/mol. The van der Waals surface area contributed by atoms with Crippen molar-refractivity contribution in [1.29, 1.82) is 0 Å². The summed E-state index contributed by atoms with van der Waals surface area (Å²) in [5.74, 6) is -0.354. The average Bonchev–Trinajstić information content (AvgIpc) is 3.34. The van der Waals surface area contributed by atoms with Crippen LogP contribution in [0.15, 0.2) is 82.4 Å². The highest BCUT2D eigenvalue weighted by Crippen LogP contribution is 2.28. The topological polar surface area (TPSA) is 103 Å². The minimum atomic E-state index is -0.460. The van der Waals surface area contributed by atoms with Gasteiger partial charge in [-0.25, -0.2) is 4.39 Å². The van der Waals surface area contributed by atoms with E-state index in [1.54, 1.807) is 49.6 Å². The number of aryl methyl sites for hydroxylation is 1. The van der Waals surface area contributed by atoms with Crippen LogP contribution in [0, 0.1) is 12.7 Å². The van der Waals surface area contributed by atoms with E-state index in [2.05, 4.69) is 20.4 Å². The number of halogens is 1. The van der Waals surface area contributed by atoms with Gasteiger partial charge in [0, 0.05) is 35.1 Å². The molecule has 34 heavy (non-hydrogen) atoms. The van der Waals surface area contributed by atoms with Crippen molar-refractivity contribution in [2.45, 2.75) is 13.5 Å². The van der Waals surface area contributed by atoms with Gasteiger partial charge in [-0.2, -0.15) is 4.98 Å². The molecule has 0 saturated carbocycles. The molecule has 5 rings (SSSR count). The fourth-order valence-corrected chi connectivity index (χ4v) is 3.69. The number of benzene rings is 2. The summed E-state index contributed by atoms with van der Waals surface area (Å²) in [7, 11) is 0. The molecule has 0 unspecified atom stereocenters. The van der Waals surface area contributed by atoms with E-state index in [1.165, 1.54) is 22.8 Å². The van der Waals surface area contributed by atoms with Crippen molar-refractivity contribution in [3.05, 3.63) is 94.8 Å². The van der Waals surface area contributed by atoms with Crippen LogP contribution in [-0.2, 0) is 11.3 Å². The van der Waals surface area contributed by atoms with Gasteiger partial charge in [-0.3, -0.25) is 19.1 Å². The number of fused-ring (bicyclic) bond motifs is 1. The molecule has 8 nitrogen and oxygen atoms in total. The lowest BCUT2D eigenvalue weighted by Crippen LogP contribution is -2.28. The molecular formula is C25H18FN5O3. The van der Waals surface area contributed by atoms with Gasteiger partial charge in [0.1, 0.15) is 12.4 Å². The van der Waals surface area contributed by atoms with Crippen LogP contribution in [0.2, 0.25) is 0 Å². The second-order valence-electron chi connectivity index (χ2n) is 7.67.